The number of nitro groups is 1. The van der Waals surface area contributed by atoms with Crippen LogP contribution in [-0.4, -0.2) is 34.9 Å². The molecule has 9 nitrogen and oxygen atoms in total. The highest BCUT2D eigenvalue weighted by Crippen LogP contribution is 2.29. The van der Waals surface area contributed by atoms with Gasteiger partial charge in [-0.3, -0.25) is 24.7 Å². The number of hydrogen-bond donors (Lipinski definition) is 2. The quantitative estimate of drug-likeness (QED) is 0.489. The molecule has 0 aliphatic heterocycles. The molecule has 1 heterocycles. The third kappa shape index (κ3) is 4.29. The number of pyridine rings is 1. The Hall–Kier alpha value is -4.01. The Morgan fingerprint density at radius 3 is 2.69 bits per heavy atom. The molecule has 0 aliphatic rings. The van der Waals surface area contributed by atoms with Gasteiger partial charge in [-0.1, -0.05) is 6.07 Å². The number of rotatable bonds is 6. The van der Waals surface area contributed by atoms with Gasteiger partial charge in [0, 0.05) is 29.3 Å². The second kappa shape index (κ2) is 8.34. The molecule has 0 spiro atoms. The third-order valence-electron chi connectivity index (χ3n) is 4.27. The number of carbonyl (C=O) groups excluding carboxylic acids is 2. The highest BCUT2D eigenvalue weighted by molar-refractivity contribution is 6.06. The minimum atomic E-state index is -0.879. The van der Waals surface area contributed by atoms with E-state index < -0.39 is 22.8 Å². The minimum absolute atomic E-state index is 0.0953. The number of benzene rings is 2. The Kier molecular flexibility index (Phi) is 5.68. The molecule has 2 N–H and O–H groups in total. The van der Waals surface area contributed by atoms with Gasteiger partial charge >= 0.3 is 0 Å². The molecule has 29 heavy (non-hydrogen) atoms. The Morgan fingerprint density at radius 1 is 1.17 bits per heavy atom. The molecule has 148 valence electrons. The van der Waals surface area contributed by atoms with E-state index in [9.17, 15) is 19.7 Å². The van der Waals surface area contributed by atoms with Crippen molar-refractivity contribution >= 4 is 34.1 Å². The largest absolute Gasteiger partial charge is 0.494 e. The fourth-order valence-corrected chi connectivity index (χ4v) is 2.77. The van der Waals surface area contributed by atoms with Gasteiger partial charge in [0.05, 0.1) is 17.7 Å². The first-order valence-electron chi connectivity index (χ1n) is 8.68. The van der Waals surface area contributed by atoms with E-state index in [2.05, 4.69) is 15.6 Å². The van der Waals surface area contributed by atoms with Gasteiger partial charge in [-0.25, -0.2) is 0 Å². The summed E-state index contributed by atoms with van der Waals surface area (Å²) in [4.78, 5) is 39.5. The molecule has 1 unspecified atom stereocenters. The number of fused-ring (bicyclic) bond motifs is 1. The Balaban J connectivity index is 1.75. The minimum Gasteiger partial charge on any atom is -0.494 e. The maximum absolute atomic E-state index is 12.6. The monoisotopic (exact) mass is 394 g/mol. The number of anilines is 1. The summed E-state index contributed by atoms with van der Waals surface area (Å²) in [7, 11) is 1.53. The van der Waals surface area contributed by atoms with E-state index in [1.54, 1.807) is 30.5 Å². The molecule has 2 amide bonds. The SMILES string of the molecule is COc1ccc(NC(=O)C(C)NC(=O)c2cccc([N+](=O)[O-])c2)c2cccnc12. The van der Waals surface area contributed by atoms with Crippen molar-refractivity contribution in [1.29, 1.82) is 0 Å². The lowest BCUT2D eigenvalue weighted by Gasteiger charge is -2.16. The Bertz CT molecular complexity index is 1100. The first kappa shape index (κ1) is 19.7. The van der Waals surface area contributed by atoms with Crippen molar-refractivity contribution in [2.24, 2.45) is 0 Å². The number of methoxy groups -OCH3 is 1. The van der Waals surface area contributed by atoms with Crippen LogP contribution >= 0.6 is 0 Å². The molecule has 3 rings (SSSR count). The van der Waals surface area contributed by atoms with Gasteiger partial charge in [0.1, 0.15) is 17.3 Å². The number of nitro benzene ring substituents is 1. The first-order chi connectivity index (χ1) is 13.9. The van der Waals surface area contributed by atoms with Crippen molar-refractivity contribution in [1.82, 2.24) is 10.3 Å². The standard InChI is InChI=1S/C20H18N4O5/c1-12(22-20(26)13-5-3-6-14(11-13)24(27)28)19(25)23-16-8-9-17(29-2)18-15(16)7-4-10-21-18/h3-12H,1-2H3,(H,22,26)(H,23,25). The van der Waals surface area contributed by atoms with Crippen LogP contribution in [0.4, 0.5) is 11.4 Å². The molecule has 0 saturated heterocycles. The summed E-state index contributed by atoms with van der Waals surface area (Å²) < 4.78 is 5.28. The van der Waals surface area contributed by atoms with E-state index >= 15 is 0 Å². The van der Waals surface area contributed by atoms with Crippen LogP contribution in [0.1, 0.15) is 17.3 Å². The van der Waals surface area contributed by atoms with E-state index in [4.69, 9.17) is 4.74 Å². The van der Waals surface area contributed by atoms with Gasteiger partial charge in [0.2, 0.25) is 5.91 Å². The lowest BCUT2D eigenvalue weighted by molar-refractivity contribution is -0.384. The number of nitrogens with one attached hydrogen (secondary N) is 2. The molecule has 1 atom stereocenters. The number of hydrogen-bond acceptors (Lipinski definition) is 6. The van der Waals surface area contributed by atoms with Gasteiger partial charge < -0.3 is 15.4 Å². The molecular weight excluding hydrogens is 376 g/mol. The summed E-state index contributed by atoms with van der Waals surface area (Å²) >= 11 is 0. The van der Waals surface area contributed by atoms with Crippen LogP contribution in [0.3, 0.4) is 0 Å². The van der Waals surface area contributed by atoms with E-state index in [0.29, 0.717) is 22.3 Å². The summed E-state index contributed by atoms with van der Waals surface area (Å²) in [6.45, 7) is 1.52. The normalized spacial score (nSPS) is 11.5. The molecule has 0 aliphatic carbocycles. The number of amides is 2. The predicted octanol–water partition coefficient (Wildman–Crippen LogP) is 2.91. The highest BCUT2D eigenvalue weighted by Gasteiger charge is 2.19. The lowest BCUT2D eigenvalue weighted by atomic mass is 10.1. The van der Waals surface area contributed by atoms with Gasteiger partial charge in [0.15, 0.2) is 0 Å². The van der Waals surface area contributed by atoms with Crippen molar-refractivity contribution in [3.05, 3.63) is 70.4 Å². The maximum Gasteiger partial charge on any atom is 0.270 e. The summed E-state index contributed by atoms with van der Waals surface area (Å²) in [5.74, 6) is -0.456. The number of carbonyl (C=O) groups is 2. The summed E-state index contributed by atoms with van der Waals surface area (Å²) in [5.41, 5.74) is 1.02. The highest BCUT2D eigenvalue weighted by atomic mass is 16.6. The molecule has 3 aromatic rings. The van der Waals surface area contributed by atoms with Crippen molar-refractivity contribution in [3.8, 4) is 5.75 Å². The second-order valence-electron chi connectivity index (χ2n) is 6.21. The maximum atomic E-state index is 12.6. The van der Waals surface area contributed by atoms with Crippen LogP contribution in [0.5, 0.6) is 5.75 Å². The second-order valence-corrected chi connectivity index (χ2v) is 6.21. The molecule has 9 heteroatoms. The number of aromatic nitrogens is 1. The summed E-state index contributed by atoms with van der Waals surface area (Å²) in [5, 5.41) is 16.9. The van der Waals surface area contributed by atoms with Crippen LogP contribution in [0.25, 0.3) is 10.9 Å². The van der Waals surface area contributed by atoms with E-state index in [-0.39, 0.29) is 11.3 Å². The van der Waals surface area contributed by atoms with E-state index in [0.717, 1.165) is 6.07 Å². The first-order valence-corrected chi connectivity index (χ1v) is 8.68. The Morgan fingerprint density at radius 2 is 1.97 bits per heavy atom. The zero-order chi connectivity index (χ0) is 21.0. The fraction of sp³-hybridized carbons (Fsp3) is 0.150. The van der Waals surface area contributed by atoms with Gasteiger partial charge in [-0.05, 0) is 37.3 Å². The average Bonchev–Trinajstić information content (AvgIpc) is 2.73. The lowest BCUT2D eigenvalue weighted by Crippen LogP contribution is -2.41. The summed E-state index contributed by atoms with van der Waals surface area (Å²) in [6.07, 6.45) is 1.62. The molecular formula is C20H18N4O5. The molecule has 0 fully saturated rings. The van der Waals surface area contributed by atoms with Crippen molar-refractivity contribution in [2.75, 3.05) is 12.4 Å². The zero-order valence-corrected chi connectivity index (χ0v) is 15.7. The Labute approximate surface area is 165 Å². The topological polar surface area (TPSA) is 123 Å². The van der Waals surface area contributed by atoms with Crippen molar-refractivity contribution < 1.29 is 19.2 Å². The summed E-state index contributed by atoms with van der Waals surface area (Å²) in [6, 6.07) is 11.3. The average molecular weight is 394 g/mol. The van der Waals surface area contributed by atoms with Gasteiger partial charge in [-0.2, -0.15) is 0 Å². The van der Waals surface area contributed by atoms with Crippen LogP contribution in [-0.2, 0) is 4.79 Å². The van der Waals surface area contributed by atoms with Crippen LogP contribution < -0.4 is 15.4 Å². The number of ether oxygens (including phenoxy) is 1. The van der Waals surface area contributed by atoms with Gasteiger partial charge in [0.25, 0.3) is 11.6 Å². The number of nitrogens with zero attached hydrogens (tertiary/aromatic N) is 2. The van der Waals surface area contributed by atoms with Crippen LogP contribution in [0, 0.1) is 10.1 Å². The molecule has 2 aromatic carbocycles. The molecule has 0 bridgehead atoms. The van der Waals surface area contributed by atoms with E-state index in [1.165, 1.54) is 32.2 Å². The molecule has 0 saturated carbocycles. The van der Waals surface area contributed by atoms with Gasteiger partial charge in [-0.15, -0.1) is 0 Å². The van der Waals surface area contributed by atoms with Crippen molar-refractivity contribution in [3.63, 3.8) is 0 Å². The van der Waals surface area contributed by atoms with Crippen LogP contribution in [0.15, 0.2) is 54.7 Å². The molecule has 0 radical (unpaired) electrons. The van der Waals surface area contributed by atoms with Crippen LogP contribution in [0.2, 0.25) is 0 Å². The van der Waals surface area contributed by atoms with E-state index in [1.807, 2.05) is 0 Å². The smallest absolute Gasteiger partial charge is 0.270 e. The van der Waals surface area contributed by atoms with Crippen molar-refractivity contribution in [2.45, 2.75) is 13.0 Å². The fourth-order valence-electron chi connectivity index (χ4n) is 2.77. The predicted molar refractivity (Wildman–Crippen MR) is 107 cm³/mol. The molecule has 1 aromatic heterocycles. The number of non-ortho nitro benzene ring substituents is 1. The zero-order valence-electron chi connectivity index (χ0n) is 15.7. The third-order valence-corrected chi connectivity index (χ3v) is 4.27.